The Bertz CT molecular complexity index is 925. The quantitative estimate of drug-likeness (QED) is 0.250. The summed E-state index contributed by atoms with van der Waals surface area (Å²) < 4.78 is 10.6. The highest BCUT2D eigenvalue weighted by molar-refractivity contribution is 6.35. The molecule has 0 saturated heterocycles. The van der Waals surface area contributed by atoms with Crippen molar-refractivity contribution in [2.45, 2.75) is 0 Å². The number of rotatable bonds is 9. The molecule has 2 rings (SSSR count). The van der Waals surface area contributed by atoms with Gasteiger partial charge in [0.2, 0.25) is 0 Å². The summed E-state index contributed by atoms with van der Waals surface area (Å²) in [7, 11) is 1.55. The fraction of sp³-hybridized carbons (Fsp3) is 0.143. The molecule has 3 amide bonds. The molecule has 0 atom stereocenters. The second-order valence-corrected chi connectivity index (χ2v) is 5.84. The van der Waals surface area contributed by atoms with Gasteiger partial charge in [-0.15, -0.1) is 6.58 Å². The summed E-state index contributed by atoms with van der Waals surface area (Å²) in [4.78, 5) is 34.8. The van der Waals surface area contributed by atoms with Crippen molar-refractivity contribution >= 4 is 29.6 Å². The molecule has 0 unspecified atom stereocenters. The third kappa shape index (κ3) is 7.47. The van der Waals surface area contributed by atoms with Crippen molar-refractivity contribution in [1.29, 1.82) is 0 Å². The summed E-state index contributed by atoms with van der Waals surface area (Å²) in [5, 5.41) is 8.76. The maximum atomic E-state index is 12.0. The van der Waals surface area contributed by atoms with Crippen LogP contribution >= 0.6 is 0 Å². The highest BCUT2D eigenvalue weighted by atomic mass is 16.5. The van der Waals surface area contributed by atoms with Gasteiger partial charge in [-0.05, 0) is 42.0 Å². The van der Waals surface area contributed by atoms with Crippen LogP contribution in [0.15, 0.2) is 66.3 Å². The molecule has 2 aromatic rings. The van der Waals surface area contributed by atoms with Crippen molar-refractivity contribution in [2.24, 2.45) is 5.10 Å². The van der Waals surface area contributed by atoms with Gasteiger partial charge in [0.05, 0.1) is 13.3 Å². The summed E-state index contributed by atoms with van der Waals surface area (Å²) in [6.07, 6.45) is 2.83. The Morgan fingerprint density at radius 3 is 2.53 bits per heavy atom. The average molecular weight is 410 g/mol. The number of nitrogens with one attached hydrogen (secondary N) is 3. The Morgan fingerprint density at radius 2 is 1.83 bits per heavy atom. The first-order chi connectivity index (χ1) is 14.5. The molecule has 9 heteroatoms. The zero-order valence-electron chi connectivity index (χ0n) is 16.4. The fourth-order valence-electron chi connectivity index (χ4n) is 2.16. The average Bonchev–Trinajstić information content (AvgIpc) is 2.76. The Labute approximate surface area is 173 Å². The Balaban J connectivity index is 1.78. The van der Waals surface area contributed by atoms with Gasteiger partial charge in [0, 0.05) is 18.3 Å². The van der Waals surface area contributed by atoms with Crippen LogP contribution in [0, 0.1) is 0 Å². The minimum absolute atomic E-state index is 0.166. The number of nitrogens with zero attached hydrogens (tertiary/aromatic N) is 1. The Hall–Kier alpha value is -4.14. The smallest absolute Gasteiger partial charge is 0.329 e. The summed E-state index contributed by atoms with van der Waals surface area (Å²) in [6.45, 7) is 3.46. The lowest BCUT2D eigenvalue weighted by atomic mass is 10.2. The van der Waals surface area contributed by atoms with E-state index < -0.39 is 11.8 Å². The van der Waals surface area contributed by atoms with E-state index >= 15 is 0 Å². The molecule has 0 bridgehead atoms. The molecule has 0 fully saturated rings. The minimum atomic E-state index is -0.880. The molecule has 3 N–H and O–H groups in total. The predicted octanol–water partition coefficient (Wildman–Crippen LogP) is 1.46. The molecule has 0 aliphatic rings. The van der Waals surface area contributed by atoms with E-state index in [1.54, 1.807) is 55.6 Å². The second-order valence-electron chi connectivity index (χ2n) is 5.84. The molecule has 30 heavy (non-hydrogen) atoms. The number of methoxy groups -OCH3 is 1. The molecule has 0 heterocycles. The first kappa shape index (κ1) is 22.2. The van der Waals surface area contributed by atoms with Crippen LogP contribution in [0.1, 0.15) is 5.56 Å². The number of ether oxygens (including phenoxy) is 2. The molecular formula is C21H22N4O5. The van der Waals surface area contributed by atoms with Crippen LogP contribution in [0.5, 0.6) is 11.5 Å². The highest BCUT2D eigenvalue weighted by Crippen LogP contribution is 2.17. The third-order valence-electron chi connectivity index (χ3n) is 3.60. The number of anilines is 1. The van der Waals surface area contributed by atoms with Crippen LogP contribution in [-0.2, 0) is 14.4 Å². The van der Waals surface area contributed by atoms with Gasteiger partial charge < -0.3 is 20.1 Å². The Morgan fingerprint density at radius 1 is 1.07 bits per heavy atom. The number of hydrogen-bond donors (Lipinski definition) is 3. The summed E-state index contributed by atoms with van der Waals surface area (Å²) in [6, 6.07) is 13.7. The molecule has 0 radical (unpaired) electrons. The van der Waals surface area contributed by atoms with Gasteiger partial charge in [0.1, 0.15) is 11.5 Å². The van der Waals surface area contributed by atoms with Crippen molar-refractivity contribution in [3.63, 3.8) is 0 Å². The number of hydrogen-bond acceptors (Lipinski definition) is 6. The number of carbonyl (C=O) groups is 3. The maximum absolute atomic E-state index is 12.0. The number of amides is 3. The number of carbonyl (C=O) groups excluding carboxylic acids is 3. The van der Waals surface area contributed by atoms with Gasteiger partial charge in [-0.3, -0.25) is 14.4 Å². The molecule has 0 aromatic heterocycles. The predicted molar refractivity (Wildman–Crippen MR) is 113 cm³/mol. The van der Waals surface area contributed by atoms with Gasteiger partial charge in [0.25, 0.3) is 5.91 Å². The zero-order chi connectivity index (χ0) is 21.8. The van der Waals surface area contributed by atoms with Gasteiger partial charge in [0.15, 0.2) is 6.61 Å². The van der Waals surface area contributed by atoms with E-state index in [4.69, 9.17) is 9.47 Å². The molecule has 0 spiro atoms. The molecular weight excluding hydrogens is 388 g/mol. The molecule has 0 aliphatic carbocycles. The number of hydrazone groups is 1. The lowest BCUT2D eigenvalue weighted by Gasteiger charge is -2.08. The van der Waals surface area contributed by atoms with Crippen LogP contribution in [0.3, 0.4) is 0 Å². The zero-order valence-corrected chi connectivity index (χ0v) is 16.4. The van der Waals surface area contributed by atoms with Crippen LogP contribution in [0.25, 0.3) is 0 Å². The summed E-state index contributed by atoms with van der Waals surface area (Å²) >= 11 is 0. The van der Waals surface area contributed by atoms with E-state index in [0.29, 0.717) is 22.7 Å². The van der Waals surface area contributed by atoms with E-state index in [2.05, 4.69) is 27.7 Å². The van der Waals surface area contributed by atoms with Crippen molar-refractivity contribution in [3.8, 4) is 11.5 Å². The monoisotopic (exact) mass is 410 g/mol. The van der Waals surface area contributed by atoms with E-state index in [1.807, 2.05) is 0 Å². The van der Waals surface area contributed by atoms with Crippen LogP contribution < -0.4 is 25.5 Å². The second kappa shape index (κ2) is 11.6. The molecule has 2 aromatic carbocycles. The summed E-state index contributed by atoms with van der Waals surface area (Å²) in [5.74, 6) is -0.871. The standard InChI is InChI=1S/C21H22N4O5/c1-3-11-22-20(27)21(28)25-23-13-15-7-9-17(10-8-15)30-14-19(26)24-16-5-4-6-18(12-16)29-2/h3-10,12-13H,1,11,14H2,2H3,(H,22,27)(H,24,26)(H,25,28)/b23-13-. The van der Waals surface area contributed by atoms with Gasteiger partial charge in [-0.1, -0.05) is 12.1 Å². The molecule has 0 saturated carbocycles. The van der Waals surface area contributed by atoms with Crippen molar-refractivity contribution < 1.29 is 23.9 Å². The van der Waals surface area contributed by atoms with Crippen molar-refractivity contribution in [3.05, 3.63) is 66.7 Å². The van der Waals surface area contributed by atoms with Crippen molar-refractivity contribution in [2.75, 3.05) is 25.6 Å². The lowest BCUT2D eigenvalue weighted by Crippen LogP contribution is -2.37. The molecule has 9 nitrogen and oxygen atoms in total. The van der Waals surface area contributed by atoms with Crippen molar-refractivity contribution in [1.82, 2.24) is 10.7 Å². The fourth-order valence-corrected chi connectivity index (χ4v) is 2.16. The Kier molecular flexibility index (Phi) is 8.60. The maximum Gasteiger partial charge on any atom is 0.329 e. The largest absolute Gasteiger partial charge is 0.497 e. The first-order valence-electron chi connectivity index (χ1n) is 8.90. The van der Waals surface area contributed by atoms with Gasteiger partial charge >= 0.3 is 11.8 Å². The van der Waals surface area contributed by atoms with E-state index in [1.165, 1.54) is 12.3 Å². The molecule has 156 valence electrons. The van der Waals surface area contributed by atoms with Crippen LogP contribution in [-0.4, -0.2) is 44.2 Å². The normalized spacial score (nSPS) is 10.2. The SMILES string of the molecule is C=CCNC(=O)C(=O)N/N=C\c1ccc(OCC(=O)Nc2cccc(OC)c2)cc1. The summed E-state index contributed by atoms with van der Waals surface area (Å²) in [5.41, 5.74) is 3.39. The van der Waals surface area contributed by atoms with Gasteiger partial charge in [-0.2, -0.15) is 5.10 Å². The minimum Gasteiger partial charge on any atom is -0.497 e. The van der Waals surface area contributed by atoms with Crippen LogP contribution in [0.2, 0.25) is 0 Å². The highest BCUT2D eigenvalue weighted by Gasteiger charge is 2.10. The van der Waals surface area contributed by atoms with Crippen LogP contribution in [0.4, 0.5) is 5.69 Å². The van der Waals surface area contributed by atoms with E-state index in [0.717, 1.165) is 0 Å². The van der Waals surface area contributed by atoms with Gasteiger partial charge in [-0.25, -0.2) is 5.43 Å². The van der Waals surface area contributed by atoms with E-state index in [-0.39, 0.29) is 19.1 Å². The molecule has 0 aliphatic heterocycles. The topological polar surface area (TPSA) is 118 Å². The lowest BCUT2D eigenvalue weighted by molar-refractivity contribution is -0.139. The van der Waals surface area contributed by atoms with E-state index in [9.17, 15) is 14.4 Å². The number of benzene rings is 2. The first-order valence-corrected chi connectivity index (χ1v) is 8.90. The third-order valence-corrected chi connectivity index (χ3v) is 3.60.